The van der Waals surface area contributed by atoms with Gasteiger partial charge < -0.3 is 10.1 Å². The zero-order valence-electron chi connectivity index (χ0n) is 10.0. The summed E-state index contributed by atoms with van der Waals surface area (Å²) in [4.78, 5) is 12.0. The summed E-state index contributed by atoms with van der Waals surface area (Å²) < 4.78 is 5.01. The molecule has 94 valence electrons. The first kappa shape index (κ1) is 13.8. The summed E-state index contributed by atoms with van der Waals surface area (Å²) in [6.07, 6.45) is 6.92. The van der Waals surface area contributed by atoms with Crippen molar-refractivity contribution in [1.29, 1.82) is 0 Å². The number of nitrogens with one attached hydrogen (secondary N) is 1. The number of carbonyl (C=O) groups excluding carboxylic acids is 1. The molecule has 1 fully saturated rings. The Morgan fingerprint density at radius 1 is 1.38 bits per heavy atom. The van der Waals surface area contributed by atoms with Gasteiger partial charge in [-0.05, 0) is 12.8 Å². The predicted octanol–water partition coefficient (Wildman–Crippen LogP) is 2.33. The smallest absolute Gasteiger partial charge is 0.223 e. The van der Waals surface area contributed by atoms with Crippen LogP contribution in [-0.4, -0.2) is 31.5 Å². The van der Waals surface area contributed by atoms with Crippen LogP contribution < -0.4 is 5.32 Å². The van der Waals surface area contributed by atoms with Crippen molar-refractivity contribution < 1.29 is 9.53 Å². The first-order chi connectivity index (χ1) is 7.77. The van der Waals surface area contributed by atoms with Crippen LogP contribution in [0.3, 0.4) is 0 Å². The fourth-order valence-electron chi connectivity index (χ4n) is 2.19. The highest BCUT2D eigenvalue weighted by Gasteiger charge is 2.22. The Morgan fingerprint density at radius 3 is 2.50 bits per heavy atom. The van der Waals surface area contributed by atoms with E-state index < -0.39 is 0 Å². The molecule has 1 aliphatic rings. The lowest BCUT2D eigenvalue weighted by atomic mass is 9.99. The van der Waals surface area contributed by atoms with Crippen LogP contribution in [0.2, 0.25) is 0 Å². The standard InChI is InChI=1S/C12H22ClNO2/c1-16-9-11(8-13)14-12(15)10-6-4-2-3-5-7-10/h10-11H,2-9H2,1H3,(H,14,15). The van der Waals surface area contributed by atoms with Crippen molar-refractivity contribution in [3.63, 3.8) is 0 Å². The van der Waals surface area contributed by atoms with Crippen LogP contribution in [0.4, 0.5) is 0 Å². The van der Waals surface area contributed by atoms with E-state index >= 15 is 0 Å². The molecule has 16 heavy (non-hydrogen) atoms. The summed E-state index contributed by atoms with van der Waals surface area (Å²) in [5.41, 5.74) is 0. The van der Waals surface area contributed by atoms with Crippen LogP contribution in [0.25, 0.3) is 0 Å². The van der Waals surface area contributed by atoms with Crippen molar-refractivity contribution in [1.82, 2.24) is 5.32 Å². The zero-order valence-corrected chi connectivity index (χ0v) is 10.8. The lowest BCUT2D eigenvalue weighted by Gasteiger charge is -2.19. The van der Waals surface area contributed by atoms with E-state index in [2.05, 4.69) is 5.32 Å². The number of rotatable bonds is 5. The number of halogens is 1. The minimum absolute atomic E-state index is 0.0533. The Morgan fingerprint density at radius 2 is 2.00 bits per heavy atom. The number of amides is 1. The number of ether oxygens (including phenoxy) is 1. The maximum Gasteiger partial charge on any atom is 0.223 e. The lowest BCUT2D eigenvalue weighted by molar-refractivity contribution is -0.126. The summed E-state index contributed by atoms with van der Waals surface area (Å²) >= 11 is 5.77. The topological polar surface area (TPSA) is 38.3 Å². The molecule has 1 atom stereocenters. The maximum atomic E-state index is 12.0. The average molecular weight is 248 g/mol. The van der Waals surface area contributed by atoms with Gasteiger partial charge in [-0.1, -0.05) is 25.7 Å². The molecule has 1 aliphatic carbocycles. The van der Waals surface area contributed by atoms with Crippen LogP contribution in [0, 0.1) is 5.92 Å². The van der Waals surface area contributed by atoms with E-state index in [4.69, 9.17) is 16.3 Å². The third kappa shape index (κ3) is 4.71. The van der Waals surface area contributed by atoms with Gasteiger partial charge in [0.25, 0.3) is 0 Å². The summed E-state index contributed by atoms with van der Waals surface area (Å²) in [5, 5.41) is 2.97. The number of methoxy groups -OCH3 is 1. The number of carbonyl (C=O) groups is 1. The van der Waals surface area contributed by atoms with Gasteiger partial charge in [-0.15, -0.1) is 11.6 Å². The molecule has 0 spiro atoms. The minimum Gasteiger partial charge on any atom is -0.383 e. The van der Waals surface area contributed by atoms with Crippen LogP contribution in [0.5, 0.6) is 0 Å². The number of hydrogen-bond donors (Lipinski definition) is 1. The fraction of sp³-hybridized carbons (Fsp3) is 0.917. The molecule has 0 aromatic rings. The van der Waals surface area contributed by atoms with E-state index in [0.717, 1.165) is 12.8 Å². The fourth-order valence-corrected chi connectivity index (χ4v) is 2.35. The molecule has 0 bridgehead atoms. The first-order valence-electron chi connectivity index (χ1n) is 6.13. The summed E-state index contributed by atoms with van der Waals surface area (Å²) in [6.45, 7) is 0.488. The van der Waals surface area contributed by atoms with Crippen molar-refractivity contribution >= 4 is 17.5 Å². The van der Waals surface area contributed by atoms with Gasteiger partial charge in [-0.3, -0.25) is 4.79 Å². The molecule has 1 amide bonds. The molecule has 0 aromatic carbocycles. The number of alkyl halides is 1. The van der Waals surface area contributed by atoms with Gasteiger partial charge in [0.1, 0.15) is 0 Å². The van der Waals surface area contributed by atoms with Gasteiger partial charge in [0.15, 0.2) is 0 Å². The Bertz CT molecular complexity index is 203. The Balaban J connectivity index is 2.36. The molecule has 1 unspecified atom stereocenters. The van der Waals surface area contributed by atoms with E-state index in [9.17, 15) is 4.79 Å². The second kappa shape index (κ2) is 7.91. The summed E-state index contributed by atoms with van der Waals surface area (Å²) in [5.74, 6) is 0.751. The Kier molecular flexibility index (Phi) is 6.81. The van der Waals surface area contributed by atoms with E-state index in [1.54, 1.807) is 7.11 Å². The van der Waals surface area contributed by atoms with Crippen LogP contribution in [-0.2, 0) is 9.53 Å². The van der Waals surface area contributed by atoms with Crippen molar-refractivity contribution in [2.24, 2.45) is 5.92 Å². The molecule has 1 N–H and O–H groups in total. The monoisotopic (exact) mass is 247 g/mol. The van der Waals surface area contributed by atoms with Gasteiger partial charge >= 0.3 is 0 Å². The number of hydrogen-bond acceptors (Lipinski definition) is 2. The average Bonchev–Trinajstić information content (AvgIpc) is 2.56. The summed E-state index contributed by atoms with van der Waals surface area (Å²) in [7, 11) is 1.62. The van der Waals surface area contributed by atoms with Crippen molar-refractivity contribution in [2.45, 2.75) is 44.6 Å². The SMILES string of the molecule is COCC(CCl)NC(=O)C1CCCCCC1. The quantitative estimate of drug-likeness (QED) is 0.598. The van der Waals surface area contributed by atoms with Gasteiger partial charge in [-0.25, -0.2) is 0 Å². The molecule has 0 saturated heterocycles. The first-order valence-corrected chi connectivity index (χ1v) is 6.66. The molecule has 1 saturated carbocycles. The van der Waals surface area contributed by atoms with Crippen LogP contribution in [0.1, 0.15) is 38.5 Å². The van der Waals surface area contributed by atoms with E-state index in [0.29, 0.717) is 12.5 Å². The summed E-state index contributed by atoms with van der Waals surface area (Å²) in [6, 6.07) is -0.0533. The minimum atomic E-state index is -0.0533. The highest BCUT2D eigenvalue weighted by atomic mass is 35.5. The molecule has 0 radical (unpaired) electrons. The third-order valence-corrected chi connectivity index (χ3v) is 3.50. The molecule has 4 heteroatoms. The van der Waals surface area contributed by atoms with Crippen LogP contribution >= 0.6 is 11.6 Å². The van der Waals surface area contributed by atoms with Crippen molar-refractivity contribution in [3.05, 3.63) is 0 Å². The molecule has 0 aliphatic heterocycles. The van der Waals surface area contributed by atoms with Gasteiger partial charge in [0.2, 0.25) is 5.91 Å². The van der Waals surface area contributed by atoms with E-state index in [1.807, 2.05) is 0 Å². The molecular weight excluding hydrogens is 226 g/mol. The van der Waals surface area contributed by atoms with E-state index in [1.165, 1.54) is 25.7 Å². The van der Waals surface area contributed by atoms with Gasteiger partial charge in [0.05, 0.1) is 12.6 Å². The second-order valence-electron chi connectivity index (χ2n) is 4.50. The predicted molar refractivity (Wildman–Crippen MR) is 65.7 cm³/mol. The highest BCUT2D eigenvalue weighted by Crippen LogP contribution is 2.22. The molecular formula is C12H22ClNO2. The zero-order chi connectivity index (χ0) is 11.8. The third-order valence-electron chi connectivity index (χ3n) is 3.13. The normalized spacial score (nSPS) is 20.1. The molecule has 1 rings (SSSR count). The Hall–Kier alpha value is -0.280. The molecule has 3 nitrogen and oxygen atoms in total. The highest BCUT2D eigenvalue weighted by molar-refractivity contribution is 6.18. The van der Waals surface area contributed by atoms with Crippen molar-refractivity contribution in [2.75, 3.05) is 19.6 Å². The lowest BCUT2D eigenvalue weighted by Crippen LogP contribution is -2.42. The maximum absolute atomic E-state index is 12.0. The molecule has 0 heterocycles. The van der Waals surface area contributed by atoms with Gasteiger partial charge in [-0.2, -0.15) is 0 Å². The molecule has 0 aromatic heterocycles. The Labute approximate surface area is 103 Å². The van der Waals surface area contributed by atoms with Crippen molar-refractivity contribution in [3.8, 4) is 0 Å². The largest absolute Gasteiger partial charge is 0.383 e. The van der Waals surface area contributed by atoms with Gasteiger partial charge in [0, 0.05) is 18.9 Å². The second-order valence-corrected chi connectivity index (χ2v) is 4.81. The van der Waals surface area contributed by atoms with Crippen LogP contribution in [0.15, 0.2) is 0 Å². The van der Waals surface area contributed by atoms with E-state index in [-0.39, 0.29) is 17.9 Å².